The minimum absolute atomic E-state index is 0.144. The fraction of sp³-hybridized carbons (Fsp3) is 0.300. The number of hydrogen-bond acceptors (Lipinski definition) is 3. The number of amides is 2. The number of hydrogen-bond donors (Lipinski definition) is 0. The summed E-state index contributed by atoms with van der Waals surface area (Å²) in [6.07, 6.45) is 2.04. The molecular weight excluding hydrogens is 302 g/mol. The highest BCUT2D eigenvalue weighted by atomic mass is 16.6. The van der Waals surface area contributed by atoms with Gasteiger partial charge in [0, 0.05) is 6.42 Å². The Balaban J connectivity index is 1.56. The van der Waals surface area contributed by atoms with Crippen molar-refractivity contribution in [1.82, 2.24) is 4.90 Å². The van der Waals surface area contributed by atoms with Crippen molar-refractivity contribution in [2.45, 2.75) is 31.7 Å². The number of benzene rings is 2. The van der Waals surface area contributed by atoms with Gasteiger partial charge in [-0.25, -0.2) is 9.69 Å². The predicted octanol–water partition coefficient (Wildman–Crippen LogP) is 3.60. The molecule has 0 radical (unpaired) electrons. The van der Waals surface area contributed by atoms with Crippen LogP contribution in [-0.2, 0) is 22.4 Å². The third-order valence-corrected chi connectivity index (χ3v) is 4.24. The first kappa shape index (κ1) is 16.2. The summed E-state index contributed by atoms with van der Waals surface area (Å²) in [6, 6.07) is 19.7. The molecule has 1 aliphatic heterocycles. The van der Waals surface area contributed by atoms with E-state index in [1.54, 1.807) is 0 Å². The van der Waals surface area contributed by atoms with Crippen LogP contribution in [0.15, 0.2) is 60.7 Å². The smallest absolute Gasteiger partial charge is 0.416 e. The zero-order valence-electron chi connectivity index (χ0n) is 13.6. The van der Waals surface area contributed by atoms with Gasteiger partial charge in [-0.2, -0.15) is 0 Å². The predicted molar refractivity (Wildman–Crippen MR) is 91.5 cm³/mol. The lowest BCUT2D eigenvalue weighted by Crippen LogP contribution is -2.40. The number of rotatable bonds is 6. The van der Waals surface area contributed by atoms with Gasteiger partial charge in [0.25, 0.3) is 0 Å². The van der Waals surface area contributed by atoms with Gasteiger partial charge in [0.05, 0.1) is 6.04 Å². The molecule has 0 aromatic heterocycles. The zero-order valence-corrected chi connectivity index (χ0v) is 13.6. The average molecular weight is 323 g/mol. The molecule has 0 aliphatic carbocycles. The maximum Gasteiger partial charge on any atom is 0.416 e. The molecule has 1 saturated heterocycles. The Kier molecular flexibility index (Phi) is 5.26. The highest BCUT2D eigenvalue weighted by molar-refractivity contribution is 5.93. The molecule has 1 fully saturated rings. The highest BCUT2D eigenvalue weighted by Crippen LogP contribution is 2.19. The maximum absolute atomic E-state index is 12.5. The van der Waals surface area contributed by atoms with Crippen LogP contribution in [0.1, 0.15) is 24.0 Å². The van der Waals surface area contributed by atoms with E-state index in [9.17, 15) is 9.59 Å². The van der Waals surface area contributed by atoms with Gasteiger partial charge in [-0.3, -0.25) is 4.79 Å². The van der Waals surface area contributed by atoms with E-state index in [0.717, 1.165) is 18.4 Å². The van der Waals surface area contributed by atoms with Crippen LogP contribution in [0.2, 0.25) is 0 Å². The number of ether oxygens (including phenoxy) is 1. The minimum atomic E-state index is -0.513. The highest BCUT2D eigenvalue weighted by Gasteiger charge is 2.37. The molecule has 0 spiro atoms. The molecule has 2 amide bonds. The SMILES string of the molecule is O=C(CCCc1ccccc1)N1C(=O)OCC1Cc1ccccc1. The molecule has 3 rings (SSSR count). The Hall–Kier alpha value is -2.62. The van der Waals surface area contributed by atoms with Gasteiger partial charge in [0.1, 0.15) is 6.61 Å². The molecule has 4 nitrogen and oxygen atoms in total. The fourth-order valence-corrected chi connectivity index (χ4v) is 3.01. The van der Waals surface area contributed by atoms with Gasteiger partial charge in [0.15, 0.2) is 0 Å². The van der Waals surface area contributed by atoms with Gasteiger partial charge in [-0.05, 0) is 30.4 Å². The third kappa shape index (κ3) is 4.02. The molecule has 0 bridgehead atoms. The van der Waals surface area contributed by atoms with Gasteiger partial charge in [-0.15, -0.1) is 0 Å². The van der Waals surface area contributed by atoms with Crippen molar-refractivity contribution in [3.8, 4) is 0 Å². The number of nitrogens with zero attached hydrogens (tertiary/aromatic N) is 1. The summed E-state index contributed by atoms with van der Waals surface area (Å²) >= 11 is 0. The van der Waals surface area contributed by atoms with E-state index in [2.05, 4.69) is 0 Å². The molecule has 2 aromatic carbocycles. The van der Waals surface area contributed by atoms with Crippen molar-refractivity contribution in [2.75, 3.05) is 6.61 Å². The van der Waals surface area contributed by atoms with Crippen molar-refractivity contribution in [3.05, 3.63) is 71.8 Å². The molecule has 124 valence electrons. The second-order valence-corrected chi connectivity index (χ2v) is 6.02. The van der Waals surface area contributed by atoms with Crippen LogP contribution in [0.5, 0.6) is 0 Å². The Labute approximate surface area is 142 Å². The lowest BCUT2D eigenvalue weighted by atomic mass is 10.0. The Morgan fingerprint density at radius 2 is 1.62 bits per heavy atom. The van der Waals surface area contributed by atoms with E-state index in [-0.39, 0.29) is 18.6 Å². The maximum atomic E-state index is 12.5. The Morgan fingerprint density at radius 3 is 2.29 bits per heavy atom. The van der Waals surface area contributed by atoms with Crippen LogP contribution in [0.4, 0.5) is 4.79 Å². The molecule has 0 N–H and O–H groups in total. The van der Waals surface area contributed by atoms with Crippen LogP contribution in [-0.4, -0.2) is 29.5 Å². The molecule has 1 unspecified atom stereocenters. The van der Waals surface area contributed by atoms with Crippen LogP contribution in [0, 0.1) is 0 Å². The quantitative estimate of drug-likeness (QED) is 0.816. The number of carbonyl (C=O) groups excluding carboxylic acids is 2. The normalized spacial score (nSPS) is 16.9. The molecule has 1 heterocycles. The second-order valence-electron chi connectivity index (χ2n) is 6.02. The van der Waals surface area contributed by atoms with Crippen LogP contribution in [0.3, 0.4) is 0 Å². The molecule has 1 atom stereocenters. The summed E-state index contributed by atoms with van der Waals surface area (Å²) in [5.74, 6) is -0.144. The van der Waals surface area contributed by atoms with Crippen LogP contribution in [0.25, 0.3) is 0 Å². The van der Waals surface area contributed by atoms with Gasteiger partial charge >= 0.3 is 6.09 Å². The fourth-order valence-electron chi connectivity index (χ4n) is 3.01. The van der Waals surface area contributed by atoms with Gasteiger partial charge < -0.3 is 4.74 Å². The molecule has 2 aromatic rings. The van der Waals surface area contributed by atoms with Crippen molar-refractivity contribution < 1.29 is 14.3 Å². The summed E-state index contributed by atoms with van der Waals surface area (Å²) < 4.78 is 5.10. The van der Waals surface area contributed by atoms with E-state index < -0.39 is 6.09 Å². The van der Waals surface area contributed by atoms with E-state index in [1.165, 1.54) is 10.5 Å². The largest absolute Gasteiger partial charge is 0.447 e. The van der Waals surface area contributed by atoms with Crippen molar-refractivity contribution in [2.24, 2.45) is 0 Å². The van der Waals surface area contributed by atoms with Gasteiger partial charge in [-0.1, -0.05) is 60.7 Å². The lowest BCUT2D eigenvalue weighted by molar-refractivity contribution is -0.129. The number of carbonyl (C=O) groups is 2. The van der Waals surface area contributed by atoms with Crippen molar-refractivity contribution in [1.29, 1.82) is 0 Å². The molecule has 4 heteroatoms. The van der Waals surface area contributed by atoms with Crippen molar-refractivity contribution in [3.63, 3.8) is 0 Å². The topological polar surface area (TPSA) is 46.6 Å². The first-order chi connectivity index (χ1) is 11.7. The Morgan fingerprint density at radius 1 is 1.00 bits per heavy atom. The first-order valence-corrected chi connectivity index (χ1v) is 8.30. The average Bonchev–Trinajstić information content (AvgIpc) is 2.97. The summed E-state index contributed by atoms with van der Waals surface area (Å²) in [5.41, 5.74) is 2.30. The minimum Gasteiger partial charge on any atom is -0.447 e. The lowest BCUT2D eigenvalue weighted by Gasteiger charge is -2.19. The van der Waals surface area contributed by atoms with E-state index >= 15 is 0 Å². The van der Waals surface area contributed by atoms with Crippen LogP contribution < -0.4 is 0 Å². The van der Waals surface area contributed by atoms with Gasteiger partial charge in [0.2, 0.25) is 5.91 Å². The third-order valence-electron chi connectivity index (χ3n) is 4.24. The molecule has 1 aliphatic rings. The van der Waals surface area contributed by atoms with E-state index in [0.29, 0.717) is 12.8 Å². The molecule has 0 saturated carbocycles. The van der Waals surface area contributed by atoms with Crippen LogP contribution >= 0.6 is 0 Å². The summed E-state index contributed by atoms with van der Waals surface area (Å²) in [7, 11) is 0. The number of aryl methyl sites for hydroxylation is 1. The molecule has 24 heavy (non-hydrogen) atoms. The summed E-state index contributed by atoms with van der Waals surface area (Å²) in [6.45, 7) is 0.276. The first-order valence-electron chi connectivity index (χ1n) is 8.30. The Bertz CT molecular complexity index is 685. The summed E-state index contributed by atoms with van der Waals surface area (Å²) in [4.78, 5) is 25.7. The summed E-state index contributed by atoms with van der Waals surface area (Å²) in [5, 5.41) is 0. The van der Waals surface area contributed by atoms with E-state index in [4.69, 9.17) is 4.74 Å². The standard InChI is InChI=1S/C20H21NO3/c22-19(13-7-12-16-8-3-1-4-9-16)21-18(15-24-20(21)23)14-17-10-5-2-6-11-17/h1-6,8-11,18H,7,12-15H2. The van der Waals surface area contributed by atoms with E-state index in [1.807, 2.05) is 60.7 Å². The monoisotopic (exact) mass is 323 g/mol. The molecular formula is C20H21NO3. The second kappa shape index (κ2) is 7.77. The number of cyclic esters (lactones) is 1. The number of imide groups is 1. The van der Waals surface area contributed by atoms with Crippen molar-refractivity contribution >= 4 is 12.0 Å². The zero-order chi connectivity index (χ0) is 16.8.